The van der Waals surface area contributed by atoms with E-state index in [2.05, 4.69) is 4.98 Å². The van der Waals surface area contributed by atoms with Gasteiger partial charge in [-0.3, -0.25) is 0 Å². The van der Waals surface area contributed by atoms with Gasteiger partial charge in [0, 0.05) is 17.8 Å². The number of aromatic nitrogens is 1. The summed E-state index contributed by atoms with van der Waals surface area (Å²) in [4.78, 5) is 4.31. The molecule has 1 saturated heterocycles. The minimum atomic E-state index is 0.148. The zero-order valence-corrected chi connectivity index (χ0v) is 8.19. The van der Waals surface area contributed by atoms with Gasteiger partial charge in [-0.1, -0.05) is 6.07 Å². The SMILES string of the molecule is Cc1ccc(CN)c(OC2COC2)n1. The maximum Gasteiger partial charge on any atom is 0.218 e. The molecule has 1 aromatic rings. The summed E-state index contributed by atoms with van der Waals surface area (Å²) in [7, 11) is 0. The fourth-order valence-electron chi connectivity index (χ4n) is 1.26. The van der Waals surface area contributed by atoms with E-state index in [1.54, 1.807) is 0 Å². The van der Waals surface area contributed by atoms with Gasteiger partial charge in [0.05, 0.1) is 13.2 Å². The molecule has 14 heavy (non-hydrogen) atoms. The Morgan fingerprint density at radius 1 is 1.57 bits per heavy atom. The van der Waals surface area contributed by atoms with Crippen molar-refractivity contribution >= 4 is 0 Å². The molecule has 0 spiro atoms. The molecule has 0 radical (unpaired) electrons. The number of aryl methyl sites for hydroxylation is 1. The highest BCUT2D eigenvalue weighted by Gasteiger charge is 2.21. The highest BCUT2D eigenvalue weighted by atomic mass is 16.6. The van der Waals surface area contributed by atoms with E-state index in [0.29, 0.717) is 25.6 Å². The molecule has 0 unspecified atom stereocenters. The van der Waals surface area contributed by atoms with Gasteiger partial charge >= 0.3 is 0 Å². The van der Waals surface area contributed by atoms with Crippen molar-refractivity contribution in [2.24, 2.45) is 5.73 Å². The summed E-state index contributed by atoms with van der Waals surface area (Å²) in [6.07, 6.45) is 0.148. The van der Waals surface area contributed by atoms with Crippen molar-refractivity contribution < 1.29 is 9.47 Å². The number of nitrogens with zero attached hydrogens (tertiary/aromatic N) is 1. The van der Waals surface area contributed by atoms with Gasteiger partial charge in [-0.15, -0.1) is 0 Å². The summed E-state index contributed by atoms with van der Waals surface area (Å²) in [6.45, 7) is 3.69. The summed E-state index contributed by atoms with van der Waals surface area (Å²) in [6, 6.07) is 3.89. The lowest BCUT2D eigenvalue weighted by Crippen LogP contribution is -2.39. The van der Waals surface area contributed by atoms with Gasteiger partial charge in [-0.25, -0.2) is 4.98 Å². The van der Waals surface area contributed by atoms with Crippen LogP contribution < -0.4 is 10.5 Å². The minimum Gasteiger partial charge on any atom is -0.469 e. The number of ether oxygens (including phenoxy) is 2. The molecule has 76 valence electrons. The Morgan fingerprint density at radius 3 is 2.93 bits per heavy atom. The minimum absolute atomic E-state index is 0.148. The number of pyridine rings is 1. The van der Waals surface area contributed by atoms with Crippen LogP contribution in [0.2, 0.25) is 0 Å². The summed E-state index contributed by atoms with van der Waals surface area (Å²) < 4.78 is 10.7. The Balaban J connectivity index is 2.15. The summed E-state index contributed by atoms with van der Waals surface area (Å²) >= 11 is 0. The van der Waals surface area contributed by atoms with Crippen LogP contribution in [0.3, 0.4) is 0 Å². The van der Waals surface area contributed by atoms with Crippen LogP contribution in [0.5, 0.6) is 5.88 Å². The third kappa shape index (κ3) is 1.86. The summed E-state index contributed by atoms with van der Waals surface area (Å²) in [5.74, 6) is 0.654. The molecule has 1 aliphatic heterocycles. The second-order valence-corrected chi connectivity index (χ2v) is 3.40. The number of hydrogen-bond acceptors (Lipinski definition) is 4. The van der Waals surface area contributed by atoms with Crippen LogP contribution in [-0.4, -0.2) is 24.3 Å². The molecule has 0 aliphatic carbocycles. The summed E-state index contributed by atoms with van der Waals surface area (Å²) in [5.41, 5.74) is 7.47. The van der Waals surface area contributed by atoms with Crippen LogP contribution in [0.15, 0.2) is 12.1 Å². The first-order valence-corrected chi connectivity index (χ1v) is 4.70. The molecule has 0 amide bonds. The van der Waals surface area contributed by atoms with Crippen LogP contribution >= 0.6 is 0 Å². The second kappa shape index (κ2) is 3.94. The van der Waals surface area contributed by atoms with Gasteiger partial charge in [0.2, 0.25) is 5.88 Å². The average Bonchev–Trinajstić information content (AvgIpc) is 2.12. The van der Waals surface area contributed by atoms with Gasteiger partial charge in [-0.05, 0) is 13.0 Å². The molecule has 4 heteroatoms. The largest absolute Gasteiger partial charge is 0.469 e. The lowest BCUT2D eigenvalue weighted by Gasteiger charge is -2.27. The summed E-state index contributed by atoms with van der Waals surface area (Å²) in [5, 5.41) is 0. The van der Waals surface area contributed by atoms with Crippen molar-refractivity contribution in [3.05, 3.63) is 23.4 Å². The molecule has 0 saturated carbocycles. The van der Waals surface area contributed by atoms with Crippen molar-refractivity contribution in [2.45, 2.75) is 19.6 Å². The maximum absolute atomic E-state index is 5.64. The Hall–Kier alpha value is -1.13. The van der Waals surface area contributed by atoms with Gasteiger partial charge in [0.1, 0.15) is 6.10 Å². The van der Waals surface area contributed by atoms with Crippen molar-refractivity contribution in [1.82, 2.24) is 4.98 Å². The van der Waals surface area contributed by atoms with E-state index in [1.165, 1.54) is 0 Å². The third-order valence-electron chi connectivity index (χ3n) is 2.18. The van der Waals surface area contributed by atoms with E-state index < -0.39 is 0 Å². The molecule has 0 bridgehead atoms. The molecule has 1 fully saturated rings. The first-order chi connectivity index (χ1) is 6.79. The first kappa shape index (κ1) is 9.43. The zero-order chi connectivity index (χ0) is 9.97. The topological polar surface area (TPSA) is 57.4 Å². The van der Waals surface area contributed by atoms with E-state index in [9.17, 15) is 0 Å². The van der Waals surface area contributed by atoms with Crippen LogP contribution in [0.4, 0.5) is 0 Å². The Morgan fingerprint density at radius 2 is 2.36 bits per heavy atom. The fraction of sp³-hybridized carbons (Fsp3) is 0.500. The zero-order valence-electron chi connectivity index (χ0n) is 8.19. The lowest BCUT2D eigenvalue weighted by molar-refractivity contribution is -0.0817. The van der Waals surface area contributed by atoms with E-state index in [1.807, 2.05) is 19.1 Å². The average molecular weight is 194 g/mol. The fourth-order valence-corrected chi connectivity index (χ4v) is 1.26. The highest BCUT2D eigenvalue weighted by Crippen LogP contribution is 2.19. The Bertz CT molecular complexity index is 324. The normalized spacial score (nSPS) is 16.4. The highest BCUT2D eigenvalue weighted by molar-refractivity contribution is 5.28. The van der Waals surface area contributed by atoms with Crippen LogP contribution in [0.1, 0.15) is 11.3 Å². The molecule has 2 N–H and O–H groups in total. The van der Waals surface area contributed by atoms with E-state index in [4.69, 9.17) is 15.2 Å². The van der Waals surface area contributed by atoms with E-state index in [-0.39, 0.29) is 6.10 Å². The predicted octanol–water partition coefficient (Wildman–Crippen LogP) is 0.626. The standard InChI is InChI=1S/C10H14N2O2/c1-7-2-3-8(4-11)10(12-7)14-9-5-13-6-9/h2-3,9H,4-6,11H2,1H3. The van der Waals surface area contributed by atoms with Crippen LogP contribution in [0.25, 0.3) is 0 Å². The van der Waals surface area contributed by atoms with E-state index >= 15 is 0 Å². The van der Waals surface area contributed by atoms with Gasteiger partial charge < -0.3 is 15.2 Å². The molecule has 0 atom stereocenters. The number of nitrogens with two attached hydrogens (primary N) is 1. The molecule has 1 aromatic heterocycles. The Kier molecular flexibility index (Phi) is 2.65. The van der Waals surface area contributed by atoms with Gasteiger partial charge in [-0.2, -0.15) is 0 Å². The number of hydrogen-bond donors (Lipinski definition) is 1. The van der Waals surface area contributed by atoms with Crippen molar-refractivity contribution in [1.29, 1.82) is 0 Å². The van der Waals surface area contributed by atoms with Crippen molar-refractivity contribution in [2.75, 3.05) is 13.2 Å². The second-order valence-electron chi connectivity index (χ2n) is 3.40. The molecular formula is C10H14N2O2. The maximum atomic E-state index is 5.64. The molecule has 4 nitrogen and oxygen atoms in total. The lowest BCUT2D eigenvalue weighted by atomic mass is 10.2. The molecule has 2 heterocycles. The van der Waals surface area contributed by atoms with Crippen LogP contribution in [0, 0.1) is 6.92 Å². The monoisotopic (exact) mass is 194 g/mol. The smallest absolute Gasteiger partial charge is 0.218 e. The van der Waals surface area contributed by atoms with Gasteiger partial charge in [0.25, 0.3) is 0 Å². The van der Waals surface area contributed by atoms with Crippen molar-refractivity contribution in [3.63, 3.8) is 0 Å². The predicted molar refractivity (Wildman–Crippen MR) is 52.1 cm³/mol. The van der Waals surface area contributed by atoms with E-state index in [0.717, 1.165) is 11.3 Å². The molecule has 0 aromatic carbocycles. The number of rotatable bonds is 3. The van der Waals surface area contributed by atoms with Gasteiger partial charge in [0.15, 0.2) is 0 Å². The van der Waals surface area contributed by atoms with Crippen molar-refractivity contribution in [3.8, 4) is 5.88 Å². The molecule has 2 rings (SSSR count). The third-order valence-corrected chi connectivity index (χ3v) is 2.18. The molecule has 1 aliphatic rings. The molecular weight excluding hydrogens is 180 g/mol. The first-order valence-electron chi connectivity index (χ1n) is 4.70. The quantitative estimate of drug-likeness (QED) is 0.766. The Labute approximate surface area is 83.0 Å². The van der Waals surface area contributed by atoms with Crippen LogP contribution in [-0.2, 0) is 11.3 Å².